The summed E-state index contributed by atoms with van der Waals surface area (Å²) in [5.41, 5.74) is 0. The molecular weight excluding hydrogens is 368 g/mol. The lowest BCUT2D eigenvalue weighted by molar-refractivity contribution is -0.133. The topological polar surface area (TPSA) is 66.5 Å². The van der Waals surface area contributed by atoms with Crippen LogP contribution in [-0.4, -0.2) is 38.4 Å². The van der Waals surface area contributed by atoms with Crippen molar-refractivity contribution < 1.29 is 13.2 Å². The summed E-state index contributed by atoms with van der Waals surface area (Å²) < 4.78 is 28.3. The molecule has 1 N–H and O–H groups in total. The van der Waals surface area contributed by atoms with E-state index in [1.54, 1.807) is 17.0 Å². The minimum absolute atomic E-state index is 0.140. The van der Waals surface area contributed by atoms with E-state index >= 15 is 0 Å². The minimum Gasteiger partial charge on any atom is -0.342 e. The summed E-state index contributed by atoms with van der Waals surface area (Å²) in [7, 11) is -3.73. The molecule has 1 aromatic carbocycles. The van der Waals surface area contributed by atoms with Crippen LogP contribution in [0, 0.1) is 5.92 Å². The van der Waals surface area contributed by atoms with Crippen molar-refractivity contribution in [3.05, 3.63) is 28.7 Å². The third-order valence-corrected chi connectivity index (χ3v) is 5.40. The highest BCUT2D eigenvalue weighted by Gasteiger charge is 2.30. The van der Waals surface area contributed by atoms with Crippen LogP contribution < -0.4 is 4.72 Å². The van der Waals surface area contributed by atoms with Gasteiger partial charge in [-0.1, -0.05) is 29.8 Å². The molecule has 1 atom stereocenters. The maximum Gasteiger partial charge on any atom is 0.241 e. The third kappa shape index (κ3) is 4.79. The normalized spacial score (nSPS) is 13.2. The Morgan fingerprint density at radius 3 is 2.09 bits per heavy atom. The van der Waals surface area contributed by atoms with Gasteiger partial charge in [0.2, 0.25) is 15.9 Å². The Kier molecular flexibility index (Phi) is 7.02. The second kappa shape index (κ2) is 8.08. The summed E-state index contributed by atoms with van der Waals surface area (Å²) in [5, 5.41) is 0. The smallest absolute Gasteiger partial charge is 0.241 e. The highest BCUT2D eigenvalue weighted by atomic mass is 79.9. The van der Waals surface area contributed by atoms with Crippen molar-refractivity contribution in [3.63, 3.8) is 0 Å². The molecule has 0 aliphatic heterocycles. The van der Waals surface area contributed by atoms with Gasteiger partial charge in [-0.25, -0.2) is 8.42 Å². The summed E-state index contributed by atoms with van der Waals surface area (Å²) in [6, 6.07) is 5.56. The highest BCUT2D eigenvalue weighted by molar-refractivity contribution is 9.10. The molecule has 7 heteroatoms. The second-order valence-electron chi connectivity index (χ2n) is 5.31. The van der Waals surface area contributed by atoms with Crippen molar-refractivity contribution in [2.45, 2.75) is 38.6 Å². The number of carbonyl (C=O) groups is 1. The van der Waals surface area contributed by atoms with Crippen LogP contribution in [0.2, 0.25) is 0 Å². The molecule has 5 nitrogen and oxygen atoms in total. The zero-order chi connectivity index (χ0) is 16.9. The van der Waals surface area contributed by atoms with Crippen molar-refractivity contribution >= 4 is 31.9 Å². The molecule has 0 unspecified atom stereocenters. The Morgan fingerprint density at radius 2 is 1.68 bits per heavy atom. The molecule has 0 aliphatic carbocycles. The highest BCUT2D eigenvalue weighted by Crippen LogP contribution is 2.16. The van der Waals surface area contributed by atoms with Crippen LogP contribution in [0.1, 0.15) is 27.7 Å². The van der Waals surface area contributed by atoms with Gasteiger partial charge in [0, 0.05) is 17.6 Å². The van der Waals surface area contributed by atoms with Crippen LogP contribution in [0.5, 0.6) is 0 Å². The van der Waals surface area contributed by atoms with E-state index in [1.165, 1.54) is 12.1 Å². The average Bonchev–Trinajstić information content (AvgIpc) is 2.46. The summed E-state index contributed by atoms with van der Waals surface area (Å²) in [6.45, 7) is 8.52. The van der Waals surface area contributed by atoms with Gasteiger partial charge < -0.3 is 4.90 Å². The van der Waals surface area contributed by atoms with Crippen LogP contribution >= 0.6 is 15.9 Å². The molecule has 0 radical (unpaired) electrons. The molecule has 124 valence electrons. The standard InChI is InChI=1S/C15H23BrN2O3S/c1-5-18(6-2)15(19)14(11(3)4)17-22(20,21)13-9-7-12(16)8-10-13/h7-11,14,17H,5-6H2,1-4H3/t14-/m1/s1. The largest absolute Gasteiger partial charge is 0.342 e. The quantitative estimate of drug-likeness (QED) is 0.777. The zero-order valence-corrected chi connectivity index (χ0v) is 15.7. The Morgan fingerprint density at radius 1 is 1.18 bits per heavy atom. The Hall–Kier alpha value is -0.920. The number of amides is 1. The van der Waals surface area contributed by atoms with Crippen LogP contribution in [-0.2, 0) is 14.8 Å². The number of hydrogen-bond acceptors (Lipinski definition) is 3. The lowest BCUT2D eigenvalue weighted by Gasteiger charge is -2.28. The van der Waals surface area contributed by atoms with Gasteiger partial charge in [0.05, 0.1) is 4.90 Å². The van der Waals surface area contributed by atoms with Crippen LogP contribution in [0.15, 0.2) is 33.6 Å². The Balaban J connectivity index is 3.04. The first-order chi connectivity index (χ1) is 10.2. The molecule has 22 heavy (non-hydrogen) atoms. The fourth-order valence-electron chi connectivity index (χ4n) is 2.05. The van der Waals surface area contributed by atoms with Gasteiger partial charge >= 0.3 is 0 Å². The van der Waals surface area contributed by atoms with Gasteiger partial charge in [0.25, 0.3) is 0 Å². The number of halogens is 1. The number of rotatable bonds is 7. The summed E-state index contributed by atoms with van der Waals surface area (Å²) >= 11 is 3.27. The molecule has 0 spiro atoms. The van der Waals surface area contributed by atoms with E-state index in [-0.39, 0.29) is 16.7 Å². The van der Waals surface area contributed by atoms with Crippen molar-refractivity contribution in [3.8, 4) is 0 Å². The third-order valence-electron chi connectivity index (χ3n) is 3.41. The molecule has 0 aliphatic rings. The summed E-state index contributed by atoms with van der Waals surface area (Å²) in [6.07, 6.45) is 0. The van der Waals surface area contributed by atoms with E-state index in [0.717, 1.165) is 4.47 Å². The van der Waals surface area contributed by atoms with E-state index in [2.05, 4.69) is 20.7 Å². The SMILES string of the molecule is CCN(CC)C(=O)[C@H](NS(=O)(=O)c1ccc(Br)cc1)C(C)C. The van der Waals surface area contributed by atoms with Crippen molar-refractivity contribution in [2.24, 2.45) is 5.92 Å². The van der Waals surface area contributed by atoms with E-state index in [9.17, 15) is 13.2 Å². The molecule has 0 fully saturated rings. The second-order valence-corrected chi connectivity index (χ2v) is 7.94. The molecule has 0 saturated heterocycles. The summed E-state index contributed by atoms with van der Waals surface area (Å²) in [5.74, 6) is -0.334. The maximum atomic E-state index is 12.5. The Bertz CT molecular complexity index is 596. The number of nitrogens with zero attached hydrogens (tertiary/aromatic N) is 1. The summed E-state index contributed by atoms with van der Waals surface area (Å²) in [4.78, 5) is 14.3. The first-order valence-electron chi connectivity index (χ1n) is 7.29. The predicted octanol–water partition coefficient (Wildman–Crippen LogP) is 2.62. The van der Waals surface area contributed by atoms with E-state index < -0.39 is 16.1 Å². The van der Waals surface area contributed by atoms with Gasteiger partial charge in [-0.3, -0.25) is 4.79 Å². The van der Waals surface area contributed by atoms with E-state index in [1.807, 2.05) is 27.7 Å². The fraction of sp³-hybridized carbons (Fsp3) is 0.533. The van der Waals surface area contributed by atoms with Crippen LogP contribution in [0.25, 0.3) is 0 Å². The number of benzene rings is 1. The number of hydrogen-bond donors (Lipinski definition) is 1. The molecule has 1 rings (SSSR count). The first-order valence-corrected chi connectivity index (χ1v) is 9.57. The maximum absolute atomic E-state index is 12.5. The Labute approximate surface area is 141 Å². The number of sulfonamides is 1. The molecule has 0 aromatic heterocycles. The van der Waals surface area contributed by atoms with Crippen molar-refractivity contribution in [1.82, 2.24) is 9.62 Å². The number of nitrogens with one attached hydrogen (secondary N) is 1. The fourth-order valence-corrected chi connectivity index (χ4v) is 3.65. The molecule has 0 bridgehead atoms. The van der Waals surface area contributed by atoms with Crippen LogP contribution in [0.4, 0.5) is 0 Å². The van der Waals surface area contributed by atoms with E-state index in [0.29, 0.717) is 13.1 Å². The number of likely N-dealkylation sites (N-methyl/N-ethyl adjacent to an activating group) is 1. The lowest BCUT2D eigenvalue weighted by Crippen LogP contribution is -2.51. The molecule has 0 heterocycles. The van der Waals surface area contributed by atoms with Gasteiger partial charge in [-0.05, 0) is 44.0 Å². The van der Waals surface area contributed by atoms with Crippen molar-refractivity contribution in [2.75, 3.05) is 13.1 Å². The molecule has 1 aromatic rings. The van der Waals surface area contributed by atoms with Gasteiger partial charge in [-0.15, -0.1) is 0 Å². The van der Waals surface area contributed by atoms with Crippen LogP contribution in [0.3, 0.4) is 0 Å². The molecular formula is C15H23BrN2O3S. The molecule has 0 saturated carbocycles. The van der Waals surface area contributed by atoms with Crippen molar-refractivity contribution in [1.29, 1.82) is 0 Å². The molecule has 1 amide bonds. The number of carbonyl (C=O) groups excluding carboxylic acids is 1. The van der Waals surface area contributed by atoms with Gasteiger partial charge in [0.1, 0.15) is 6.04 Å². The first kappa shape index (κ1) is 19.1. The zero-order valence-electron chi connectivity index (χ0n) is 13.3. The predicted molar refractivity (Wildman–Crippen MR) is 91.0 cm³/mol. The van der Waals surface area contributed by atoms with Gasteiger partial charge in [0.15, 0.2) is 0 Å². The average molecular weight is 391 g/mol. The monoisotopic (exact) mass is 390 g/mol. The van der Waals surface area contributed by atoms with Gasteiger partial charge in [-0.2, -0.15) is 4.72 Å². The van der Waals surface area contributed by atoms with E-state index in [4.69, 9.17) is 0 Å². The minimum atomic E-state index is -3.73. The lowest BCUT2D eigenvalue weighted by atomic mass is 10.0.